The Morgan fingerprint density at radius 2 is 2.07 bits per heavy atom. The summed E-state index contributed by atoms with van der Waals surface area (Å²) in [6, 6.07) is 8.11. The molecule has 2 N–H and O–H groups in total. The summed E-state index contributed by atoms with van der Waals surface area (Å²) in [6.45, 7) is 0. The molecule has 0 fully saturated rings. The van der Waals surface area contributed by atoms with E-state index in [0.717, 1.165) is 22.6 Å². The van der Waals surface area contributed by atoms with Crippen molar-refractivity contribution in [1.82, 2.24) is 10.2 Å². The molecule has 3 nitrogen and oxygen atoms in total. The van der Waals surface area contributed by atoms with Crippen molar-refractivity contribution < 1.29 is 0 Å². The second-order valence-electron chi connectivity index (χ2n) is 3.22. The molecular weight excluding hydrogens is 196 g/mol. The summed E-state index contributed by atoms with van der Waals surface area (Å²) >= 11 is 1.71. The SMILES string of the molecule is O=c1[nH][nH]c2c1CSc1ccccc1-2. The molecule has 2 aromatic rings. The van der Waals surface area contributed by atoms with E-state index in [9.17, 15) is 4.79 Å². The number of thioether (sulfide) groups is 1. The Labute approximate surface area is 84.5 Å². The Morgan fingerprint density at radius 3 is 3.00 bits per heavy atom. The first-order chi connectivity index (χ1) is 6.86. The van der Waals surface area contributed by atoms with Crippen LogP contribution < -0.4 is 5.56 Å². The van der Waals surface area contributed by atoms with Gasteiger partial charge in [-0.15, -0.1) is 11.8 Å². The maximum Gasteiger partial charge on any atom is 0.268 e. The van der Waals surface area contributed by atoms with Crippen molar-refractivity contribution in [2.75, 3.05) is 0 Å². The molecule has 1 aliphatic heterocycles. The summed E-state index contributed by atoms with van der Waals surface area (Å²) in [4.78, 5) is 12.6. The fourth-order valence-corrected chi connectivity index (χ4v) is 2.78. The highest BCUT2D eigenvalue weighted by molar-refractivity contribution is 7.98. The van der Waals surface area contributed by atoms with Gasteiger partial charge in [0.15, 0.2) is 0 Å². The molecule has 0 atom stereocenters. The van der Waals surface area contributed by atoms with Crippen molar-refractivity contribution in [1.29, 1.82) is 0 Å². The van der Waals surface area contributed by atoms with Gasteiger partial charge in [0, 0.05) is 16.2 Å². The first kappa shape index (κ1) is 7.94. The molecule has 0 saturated carbocycles. The second kappa shape index (κ2) is 2.78. The maximum atomic E-state index is 11.4. The van der Waals surface area contributed by atoms with Gasteiger partial charge in [-0.3, -0.25) is 15.0 Å². The van der Waals surface area contributed by atoms with Gasteiger partial charge in [-0.1, -0.05) is 18.2 Å². The van der Waals surface area contributed by atoms with Crippen LogP contribution in [0.5, 0.6) is 0 Å². The quantitative estimate of drug-likeness (QED) is 0.689. The lowest BCUT2D eigenvalue weighted by Crippen LogP contribution is -2.06. The van der Waals surface area contributed by atoms with Crippen LogP contribution in [0.3, 0.4) is 0 Å². The third-order valence-electron chi connectivity index (χ3n) is 2.41. The molecule has 0 unspecified atom stereocenters. The molecule has 1 aromatic heterocycles. The van der Waals surface area contributed by atoms with Crippen molar-refractivity contribution in [3.8, 4) is 11.3 Å². The van der Waals surface area contributed by atoms with E-state index in [2.05, 4.69) is 16.3 Å². The van der Waals surface area contributed by atoms with Gasteiger partial charge in [-0.05, 0) is 6.07 Å². The van der Waals surface area contributed by atoms with E-state index in [1.165, 1.54) is 4.90 Å². The predicted molar refractivity (Wildman–Crippen MR) is 56.4 cm³/mol. The van der Waals surface area contributed by atoms with Crippen LogP contribution in [0.25, 0.3) is 11.3 Å². The van der Waals surface area contributed by atoms with Crippen LogP contribution in [0.15, 0.2) is 34.0 Å². The Kier molecular flexibility index (Phi) is 1.58. The number of hydrogen-bond acceptors (Lipinski definition) is 2. The summed E-state index contributed by atoms with van der Waals surface area (Å²) < 4.78 is 0. The average Bonchev–Trinajstić information content (AvgIpc) is 2.61. The molecule has 70 valence electrons. The van der Waals surface area contributed by atoms with Gasteiger partial charge < -0.3 is 0 Å². The van der Waals surface area contributed by atoms with Gasteiger partial charge in [-0.2, -0.15) is 0 Å². The molecule has 2 heterocycles. The van der Waals surface area contributed by atoms with Crippen LogP contribution in [-0.4, -0.2) is 10.2 Å². The topological polar surface area (TPSA) is 48.6 Å². The fourth-order valence-electron chi connectivity index (χ4n) is 1.70. The highest BCUT2D eigenvalue weighted by atomic mass is 32.2. The number of benzene rings is 1. The van der Waals surface area contributed by atoms with Crippen LogP contribution in [0.1, 0.15) is 5.56 Å². The van der Waals surface area contributed by atoms with E-state index in [0.29, 0.717) is 0 Å². The molecule has 0 radical (unpaired) electrons. The van der Waals surface area contributed by atoms with E-state index < -0.39 is 0 Å². The van der Waals surface area contributed by atoms with E-state index in [4.69, 9.17) is 0 Å². The number of aromatic nitrogens is 2. The second-order valence-corrected chi connectivity index (χ2v) is 4.23. The van der Waals surface area contributed by atoms with Crippen LogP contribution in [0.4, 0.5) is 0 Å². The zero-order valence-electron chi connectivity index (χ0n) is 7.33. The maximum absolute atomic E-state index is 11.4. The number of H-pyrrole nitrogens is 2. The standard InChI is InChI=1S/C10H8N2OS/c13-10-7-5-14-8-4-2-1-3-6(8)9(7)11-12-10/h1-4H,5H2,(H2,11,12,13). The molecule has 3 rings (SSSR count). The summed E-state index contributed by atoms with van der Waals surface area (Å²) in [6.07, 6.45) is 0. The lowest BCUT2D eigenvalue weighted by Gasteiger charge is -2.13. The van der Waals surface area contributed by atoms with Crippen molar-refractivity contribution >= 4 is 11.8 Å². The third-order valence-corrected chi connectivity index (χ3v) is 3.51. The molecule has 0 aliphatic carbocycles. The number of fused-ring (bicyclic) bond motifs is 3. The predicted octanol–water partition coefficient (Wildman–Crippen LogP) is 1.98. The summed E-state index contributed by atoms with van der Waals surface area (Å²) in [5.41, 5.74) is 2.93. The molecular formula is C10H8N2OS. The van der Waals surface area contributed by atoms with E-state index >= 15 is 0 Å². The lowest BCUT2D eigenvalue weighted by molar-refractivity contribution is 1.06. The normalized spacial score (nSPS) is 13.4. The summed E-state index contributed by atoms with van der Waals surface area (Å²) in [7, 11) is 0. The van der Waals surface area contributed by atoms with Gasteiger partial charge >= 0.3 is 0 Å². The number of rotatable bonds is 0. The molecule has 0 bridgehead atoms. The smallest absolute Gasteiger partial charge is 0.268 e. The van der Waals surface area contributed by atoms with Crippen LogP contribution in [0.2, 0.25) is 0 Å². The molecule has 0 amide bonds. The monoisotopic (exact) mass is 204 g/mol. The summed E-state index contributed by atoms with van der Waals surface area (Å²) in [5.74, 6) is 0.755. The van der Waals surface area contributed by atoms with Crippen molar-refractivity contribution in [2.24, 2.45) is 0 Å². The first-order valence-corrected chi connectivity index (χ1v) is 5.36. The average molecular weight is 204 g/mol. The van der Waals surface area contributed by atoms with Crippen molar-refractivity contribution in [3.63, 3.8) is 0 Å². The number of aromatic amines is 2. The van der Waals surface area contributed by atoms with Crippen LogP contribution in [-0.2, 0) is 5.75 Å². The van der Waals surface area contributed by atoms with E-state index in [-0.39, 0.29) is 5.56 Å². The highest BCUT2D eigenvalue weighted by Gasteiger charge is 2.19. The lowest BCUT2D eigenvalue weighted by atomic mass is 10.1. The minimum Gasteiger partial charge on any atom is -0.297 e. The highest BCUT2D eigenvalue weighted by Crippen LogP contribution is 2.38. The van der Waals surface area contributed by atoms with E-state index in [1.807, 2.05) is 18.2 Å². The Bertz CT molecular complexity index is 541. The first-order valence-electron chi connectivity index (χ1n) is 4.38. The van der Waals surface area contributed by atoms with E-state index in [1.54, 1.807) is 11.8 Å². The number of hydrogen-bond donors (Lipinski definition) is 2. The number of nitrogens with one attached hydrogen (secondary N) is 2. The molecule has 1 aliphatic rings. The van der Waals surface area contributed by atoms with Gasteiger partial charge in [0.25, 0.3) is 5.56 Å². The minimum absolute atomic E-state index is 0.00185. The Balaban J connectivity index is 2.34. The third kappa shape index (κ3) is 0.974. The summed E-state index contributed by atoms with van der Waals surface area (Å²) in [5, 5.41) is 5.56. The minimum atomic E-state index is 0.00185. The molecule has 4 heteroatoms. The molecule has 1 aromatic carbocycles. The van der Waals surface area contributed by atoms with Gasteiger partial charge in [0.2, 0.25) is 0 Å². The van der Waals surface area contributed by atoms with Gasteiger partial charge in [0.05, 0.1) is 11.3 Å². The largest absolute Gasteiger partial charge is 0.297 e. The molecule has 0 spiro atoms. The van der Waals surface area contributed by atoms with Crippen LogP contribution in [0, 0.1) is 0 Å². The Hall–Kier alpha value is -1.42. The van der Waals surface area contributed by atoms with Crippen molar-refractivity contribution in [3.05, 3.63) is 40.2 Å². The molecule has 0 saturated heterocycles. The van der Waals surface area contributed by atoms with Crippen molar-refractivity contribution in [2.45, 2.75) is 10.6 Å². The van der Waals surface area contributed by atoms with Gasteiger partial charge in [-0.25, -0.2) is 0 Å². The van der Waals surface area contributed by atoms with Gasteiger partial charge in [0.1, 0.15) is 0 Å². The molecule has 14 heavy (non-hydrogen) atoms. The Morgan fingerprint density at radius 1 is 1.21 bits per heavy atom. The fraction of sp³-hybridized carbons (Fsp3) is 0.100. The van der Waals surface area contributed by atoms with Crippen LogP contribution >= 0.6 is 11.8 Å². The zero-order chi connectivity index (χ0) is 9.54. The zero-order valence-corrected chi connectivity index (χ0v) is 8.15.